The second-order valence-electron chi connectivity index (χ2n) is 4.61. The Hall–Kier alpha value is -0.0400. The highest BCUT2D eigenvalue weighted by Gasteiger charge is 2.40. The summed E-state index contributed by atoms with van der Waals surface area (Å²) in [6, 6.07) is 1.01. The normalized spacial score (nSPS) is 49.6. The molecule has 0 spiro atoms. The lowest BCUT2D eigenvalue weighted by molar-refractivity contribution is 0.0612. The maximum Gasteiger partial charge on any atom is 0.0108 e. The molecule has 0 amide bonds. The minimum absolute atomic E-state index is 1.01. The van der Waals surface area contributed by atoms with E-state index in [2.05, 4.69) is 4.90 Å². The van der Waals surface area contributed by atoms with Crippen molar-refractivity contribution < 1.29 is 0 Å². The Labute approximate surface area is 68.8 Å². The Morgan fingerprint density at radius 2 is 1.64 bits per heavy atom. The lowest BCUT2D eigenvalue weighted by atomic mass is 9.72. The minimum atomic E-state index is 1.01. The lowest BCUT2D eigenvalue weighted by Gasteiger charge is -2.42. The summed E-state index contributed by atoms with van der Waals surface area (Å²) in [7, 11) is 0. The summed E-state index contributed by atoms with van der Waals surface area (Å²) < 4.78 is 0. The first-order valence-corrected chi connectivity index (χ1v) is 5.17. The first-order valence-electron chi connectivity index (χ1n) is 5.17. The predicted octanol–water partition coefficient (Wildman–Crippen LogP) is 1.88. The monoisotopic (exact) mass is 151 g/mol. The Morgan fingerprint density at radius 1 is 0.818 bits per heavy atom. The van der Waals surface area contributed by atoms with Gasteiger partial charge in [0, 0.05) is 12.6 Å². The summed E-state index contributed by atoms with van der Waals surface area (Å²) in [5.74, 6) is 2.25. The van der Waals surface area contributed by atoms with Gasteiger partial charge >= 0.3 is 0 Å². The van der Waals surface area contributed by atoms with Crippen LogP contribution in [0.1, 0.15) is 32.1 Å². The quantitative estimate of drug-likeness (QED) is 0.511. The summed E-state index contributed by atoms with van der Waals surface area (Å²) >= 11 is 0. The van der Waals surface area contributed by atoms with Gasteiger partial charge in [-0.25, -0.2) is 0 Å². The van der Waals surface area contributed by atoms with Crippen molar-refractivity contribution in [3.05, 3.63) is 0 Å². The van der Waals surface area contributed by atoms with Crippen LogP contribution < -0.4 is 0 Å². The van der Waals surface area contributed by atoms with Crippen LogP contribution in [0.15, 0.2) is 0 Å². The van der Waals surface area contributed by atoms with Crippen LogP contribution >= 0.6 is 0 Å². The van der Waals surface area contributed by atoms with Gasteiger partial charge in [-0.2, -0.15) is 0 Å². The molecule has 0 unspecified atom stereocenters. The van der Waals surface area contributed by atoms with Gasteiger partial charge in [-0.3, -0.25) is 4.90 Å². The largest absolute Gasteiger partial charge is 0.300 e. The van der Waals surface area contributed by atoms with Gasteiger partial charge in [-0.15, -0.1) is 0 Å². The van der Waals surface area contributed by atoms with Crippen LogP contribution in [0, 0.1) is 11.8 Å². The zero-order valence-electron chi connectivity index (χ0n) is 7.13. The van der Waals surface area contributed by atoms with Gasteiger partial charge in [0.1, 0.15) is 0 Å². The van der Waals surface area contributed by atoms with E-state index in [0.717, 1.165) is 17.9 Å². The smallest absolute Gasteiger partial charge is 0.0108 e. The van der Waals surface area contributed by atoms with E-state index in [1.165, 1.54) is 32.4 Å². The fourth-order valence-corrected chi connectivity index (χ4v) is 3.03. The van der Waals surface area contributed by atoms with Crippen molar-refractivity contribution >= 4 is 0 Å². The van der Waals surface area contributed by atoms with Crippen molar-refractivity contribution in [3.8, 4) is 0 Å². The molecule has 3 aliphatic rings. The molecule has 0 aromatic heterocycles. The molecule has 2 heterocycles. The van der Waals surface area contributed by atoms with E-state index < -0.39 is 0 Å². The van der Waals surface area contributed by atoms with Gasteiger partial charge in [0.25, 0.3) is 0 Å². The van der Waals surface area contributed by atoms with Crippen LogP contribution in [0.4, 0.5) is 0 Å². The first kappa shape index (κ1) is 6.47. The second kappa shape index (κ2) is 2.22. The molecule has 1 heteroatoms. The van der Waals surface area contributed by atoms with Crippen molar-refractivity contribution in [3.63, 3.8) is 0 Å². The third-order valence-electron chi connectivity index (χ3n) is 4.18. The van der Waals surface area contributed by atoms with E-state index in [4.69, 9.17) is 0 Å². The third-order valence-corrected chi connectivity index (χ3v) is 4.18. The molecule has 2 aliphatic heterocycles. The molecule has 0 aromatic carbocycles. The molecule has 0 radical (unpaired) electrons. The highest BCUT2D eigenvalue weighted by atomic mass is 15.2. The molecule has 11 heavy (non-hydrogen) atoms. The molecular formula is C10H17N. The zero-order valence-corrected chi connectivity index (χ0v) is 7.13. The van der Waals surface area contributed by atoms with E-state index in [1.807, 2.05) is 0 Å². The van der Waals surface area contributed by atoms with Crippen LogP contribution in [-0.4, -0.2) is 24.0 Å². The molecule has 62 valence electrons. The van der Waals surface area contributed by atoms with Gasteiger partial charge in [0.2, 0.25) is 0 Å². The summed E-state index contributed by atoms with van der Waals surface area (Å²) in [4.78, 5) is 2.73. The standard InChI is InChI=1S/C10H17N/c1-2-9-7-11-6-5-10(11)4-3-8(1)9/h8-10H,1-7H2/t8-,9+,10-/m0/s1. The van der Waals surface area contributed by atoms with E-state index >= 15 is 0 Å². The fourth-order valence-electron chi connectivity index (χ4n) is 3.03. The average Bonchev–Trinajstić information content (AvgIpc) is 1.98. The topological polar surface area (TPSA) is 3.24 Å². The third kappa shape index (κ3) is 0.868. The summed E-state index contributed by atoms with van der Waals surface area (Å²) in [6.07, 6.45) is 7.64. The van der Waals surface area contributed by atoms with Gasteiger partial charge in [0.05, 0.1) is 0 Å². The van der Waals surface area contributed by atoms with Gasteiger partial charge in [-0.05, 0) is 50.5 Å². The molecule has 3 fully saturated rings. The van der Waals surface area contributed by atoms with Crippen molar-refractivity contribution in [1.82, 2.24) is 4.90 Å². The van der Waals surface area contributed by atoms with E-state index in [-0.39, 0.29) is 0 Å². The average molecular weight is 151 g/mol. The second-order valence-corrected chi connectivity index (χ2v) is 4.61. The minimum Gasteiger partial charge on any atom is -0.300 e. The fraction of sp³-hybridized carbons (Fsp3) is 1.00. The molecule has 1 saturated carbocycles. The van der Waals surface area contributed by atoms with Crippen LogP contribution in [0.2, 0.25) is 0 Å². The molecule has 0 N–H and O–H groups in total. The van der Waals surface area contributed by atoms with Crippen molar-refractivity contribution in [1.29, 1.82) is 0 Å². The van der Waals surface area contributed by atoms with E-state index in [0.29, 0.717) is 0 Å². The lowest BCUT2D eigenvalue weighted by Crippen LogP contribution is -2.48. The molecule has 1 aliphatic carbocycles. The Balaban J connectivity index is 1.72. The van der Waals surface area contributed by atoms with Gasteiger partial charge < -0.3 is 0 Å². The molecule has 1 nitrogen and oxygen atoms in total. The molecule has 0 bridgehead atoms. The maximum absolute atomic E-state index is 2.73. The maximum atomic E-state index is 2.73. The SMILES string of the molecule is C1C[C@@H]2CN3CC[C@@H]3CC[C@H]12. The number of nitrogens with zero attached hydrogens (tertiary/aromatic N) is 1. The number of rotatable bonds is 0. The predicted molar refractivity (Wildman–Crippen MR) is 45.4 cm³/mol. The summed E-state index contributed by atoms with van der Waals surface area (Å²) in [5, 5.41) is 0. The summed E-state index contributed by atoms with van der Waals surface area (Å²) in [5.41, 5.74) is 0. The Kier molecular flexibility index (Phi) is 1.31. The molecule has 2 saturated heterocycles. The number of fused-ring (bicyclic) bond motifs is 2. The zero-order chi connectivity index (χ0) is 7.26. The molecular weight excluding hydrogens is 134 g/mol. The highest BCUT2D eigenvalue weighted by Crippen LogP contribution is 2.43. The molecule has 0 aromatic rings. The van der Waals surface area contributed by atoms with Crippen molar-refractivity contribution in [2.75, 3.05) is 13.1 Å². The van der Waals surface area contributed by atoms with Crippen LogP contribution in [0.3, 0.4) is 0 Å². The Bertz CT molecular complexity index is 148. The van der Waals surface area contributed by atoms with Crippen LogP contribution in [0.25, 0.3) is 0 Å². The highest BCUT2D eigenvalue weighted by molar-refractivity contribution is 4.93. The first-order chi connectivity index (χ1) is 5.43. The summed E-state index contributed by atoms with van der Waals surface area (Å²) in [6.45, 7) is 2.86. The van der Waals surface area contributed by atoms with E-state index in [1.54, 1.807) is 12.8 Å². The van der Waals surface area contributed by atoms with Gasteiger partial charge in [0.15, 0.2) is 0 Å². The van der Waals surface area contributed by atoms with Crippen molar-refractivity contribution in [2.45, 2.75) is 38.1 Å². The van der Waals surface area contributed by atoms with Gasteiger partial charge in [-0.1, -0.05) is 0 Å². The van der Waals surface area contributed by atoms with Crippen LogP contribution in [-0.2, 0) is 0 Å². The Morgan fingerprint density at radius 3 is 2.27 bits per heavy atom. The van der Waals surface area contributed by atoms with E-state index in [9.17, 15) is 0 Å². The van der Waals surface area contributed by atoms with Crippen LogP contribution in [0.5, 0.6) is 0 Å². The number of hydrogen-bond acceptors (Lipinski definition) is 1. The number of hydrogen-bond donors (Lipinski definition) is 0. The molecule has 3 rings (SSSR count). The molecule has 3 atom stereocenters. The van der Waals surface area contributed by atoms with Crippen molar-refractivity contribution in [2.24, 2.45) is 11.8 Å².